The van der Waals surface area contributed by atoms with E-state index >= 15 is 0 Å². The molecule has 25 heavy (non-hydrogen) atoms. The third kappa shape index (κ3) is 7.09. The lowest BCUT2D eigenvalue weighted by molar-refractivity contribution is -0.193. The minimum absolute atomic E-state index is 0.0132. The lowest BCUT2D eigenvalue weighted by Gasteiger charge is -2.26. The van der Waals surface area contributed by atoms with Crippen molar-refractivity contribution < 1.29 is 38.3 Å². The number of hydrogen-bond donors (Lipinski definition) is 3. The number of aliphatic hydroxyl groups is 3. The lowest BCUT2D eigenvalue weighted by Crippen LogP contribution is -2.45. The maximum Gasteiger partial charge on any atom is 0.443 e. The monoisotopic (exact) mass is 380 g/mol. The number of benzene rings is 1. The molecule has 1 aromatic carbocycles. The molecule has 0 aliphatic rings. The Kier molecular flexibility index (Phi) is 8.47. The van der Waals surface area contributed by atoms with Crippen LogP contribution in [0.25, 0.3) is 0 Å². The molecule has 0 bridgehead atoms. The first-order valence-electron chi connectivity index (χ1n) is 7.39. The number of hydrogen-bond acceptors (Lipinski definition) is 6. The molecule has 7 nitrogen and oxygen atoms in total. The molecule has 0 heterocycles. The summed E-state index contributed by atoms with van der Waals surface area (Å²) in [5.74, 6) is 0. The third-order valence-electron chi connectivity index (χ3n) is 3.43. The largest absolute Gasteiger partial charge is 0.443 e. The number of amides is 1. The van der Waals surface area contributed by atoms with Crippen LogP contribution in [0.1, 0.15) is 12.0 Å². The van der Waals surface area contributed by atoms with Crippen molar-refractivity contribution in [2.45, 2.75) is 37.0 Å². The van der Waals surface area contributed by atoms with E-state index in [0.717, 1.165) is 12.2 Å². The zero-order valence-corrected chi connectivity index (χ0v) is 14.4. The molecule has 0 fully saturated rings. The standard InChI is InChI=1S/C15H21F2NO6P/c1-25(23)15(16,17)7-12(20)14(22)13(21)8-18(10-19)24-9-11-5-3-2-4-6-11/h2-6,10,12-14,20-22H,7-9H2,1H3/q+1/t12-,13+,14-/m1/s1. The second-order valence-electron chi connectivity index (χ2n) is 5.46. The van der Waals surface area contributed by atoms with Gasteiger partial charge in [0.05, 0.1) is 19.1 Å². The van der Waals surface area contributed by atoms with Crippen molar-refractivity contribution in [3.05, 3.63) is 35.9 Å². The fraction of sp³-hybridized carbons (Fsp3) is 0.533. The van der Waals surface area contributed by atoms with Crippen LogP contribution in [0.5, 0.6) is 0 Å². The summed E-state index contributed by atoms with van der Waals surface area (Å²) in [4.78, 5) is 16.1. The number of carbonyl (C=O) groups excluding carboxylic acids is 1. The first kappa shape index (κ1) is 21.5. The van der Waals surface area contributed by atoms with E-state index in [1.165, 1.54) is 0 Å². The summed E-state index contributed by atoms with van der Waals surface area (Å²) >= 11 is 0. The van der Waals surface area contributed by atoms with E-state index in [1.807, 2.05) is 0 Å². The van der Waals surface area contributed by atoms with Crippen LogP contribution in [-0.2, 0) is 20.8 Å². The van der Waals surface area contributed by atoms with E-state index in [2.05, 4.69) is 0 Å². The number of nitrogens with zero attached hydrogens (tertiary/aromatic N) is 1. The Balaban J connectivity index is 2.54. The maximum atomic E-state index is 13.3. The van der Waals surface area contributed by atoms with E-state index in [1.54, 1.807) is 30.3 Å². The molecule has 1 amide bonds. The second-order valence-corrected chi connectivity index (χ2v) is 7.11. The fourth-order valence-electron chi connectivity index (χ4n) is 1.91. The van der Waals surface area contributed by atoms with E-state index in [-0.39, 0.29) is 13.0 Å². The van der Waals surface area contributed by atoms with Gasteiger partial charge in [-0.05, 0) is 5.56 Å². The summed E-state index contributed by atoms with van der Waals surface area (Å²) in [5, 5.41) is 29.8. The highest BCUT2D eigenvalue weighted by molar-refractivity contribution is 7.45. The van der Waals surface area contributed by atoms with Crippen molar-refractivity contribution in [1.29, 1.82) is 0 Å². The van der Waals surface area contributed by atoms with Gasteiger partial charge in [0.2, 0.25) is 6.41 Å². The van der Waals surface area contributed by atoms with Crippen molar-refractivity contribution in [2.24, 2.45) is 0 Å². The normalized spacial score (nSPS) is 16.0. The quantitative estimate of drug-likeness (QED) is 0.302. The van der Waals surface area contributed by atoms with Crippen LogP contribution in [0.15, 0.2) is 30.3 Å². The molecule has 1 unspecified atom stereocenters. The molecule has 0 aliphatic carbocycles. The minimum Gasteiger partial charge on any atom is -0.390 e. The summed E-state index contributed by atoms with van der Waals surface area (Å²) < 4.78 is 37.6. The van der Waals surface area contributed by atoms with Crippen LogP contribution in [0.4, 0.5) is 8.78 Å². The van der Waals surface area contributed by atoms with Gasteiger partial charge in [0.15, 0.2) is 0 Å². The second kappa shape index (κ2) is 9.84. The molecular formula is C15H21F2NO6P+. The third-order valence-corrected chi connectivity index (χ3v) is 4.53. The molecule has 1 aromatic rings. The van der Waals surface area contributed by atoms with Gasteiger partial charge in [-0.2, -0.15) is 8.78 Å². The van der Waals surface area contributed by atoms with Gasteiger partial charge in [0.1, 0.15) is 25.5 Å². The van der Waals surface area contributed by atoms with E-state index in [0.29, 0.717) is 5.06 Å². The molecule has 0 spiro atoms. The molecule has 3 N–H and O–H groups in total. The summed E-state index contributed by atoms with van der Waals surface area (Å²) in [5.41, 5.74) is -2.93. The molecular weight excluding hydrogens is 359 g/mol. The van der Waals surface area contributed by atoms with E-state index in [4.69, 9.17) is 4.84 Å². The van der Waals surface area contributed by atoms with Crippen LogP contribution in [-0.4, -0.2) is 64.0 Å². The van der Waals surface area contributed by atoms with Crippen LogP contribution in [0.3, 0.4) is 0 Å². The van der Waals surface area contributed by atoms with Crippen molar-refractivity contribution in [3.63, 3.8) is 0 Å². The molecule has 1 rings (SSSR count). The molecule has 0 aliphatic heterocycles. The maximum absolute atomic E-state index is 13.3. The molecule has 10 heteroatoms. The average molecular weight is 380 g/mol. The zero-order chi connectivity index (χ0) is 19.0. The van der Waals surface area contributed by atoms with Crippen LogP contribution in [0.2, 0.25) is 0 Å². The van der Waals surface area contributed by atoms with Crippen molar-refractivity contribution in [2.75, 3.05) is 13.2 Å². The number of carbonyl (C=O) groups is 1. The number of alkyl halides is 2. The summed E-state index contributed by atoms with van der Waals surface area (Å²) in [6.45, 7) is 0.272. The Hall–Kier alpha value is -1.51. The Bertz CT molecular complexity index is 562. The highest BCUT2D eigenvalue weighted by Gasteiger charge is 2.50. The lowest BCUT2D eigenvalue weighted by atomic mass is 10.1. The number of hydroxylamine groups is 2. The summed E-state index contributed by atoms with van der Waals surface area (Å²) in [7, 11) is -2.90. The summed E-state index contributed by atoms with van der Waals surface area (Å²) in [6.07, 6.45) is -6.75. The Morgan fingerprint density at radius 2 is 1.84 bits per heavy atom. The minimum atomic E-state index is -3.68. The van der Waals surface area contributed by atoms with Crippen molar-refractivity contribution >= 4 is 14.2 Å². The predicted octanol–water partition coefficient (Wildman–Crippen LogP) is 1.10. The van der Waals surface area contributed by atoms with E-state index < -0.39 is 44.7 Å². The highest BCUT2D eigenvalue weighted by atomic mass is 31.1. The van der Waals surface area contributed by atoms with Gasteiger partial charge < -0.3 is 15.3 Å². The smallest absolute Gasteiger partial charge is 0.390 e. The van der Waals surface area contributed by atoms with Gasteiger partial charge in [0, 0.05) is 0 Å². The Labute approximate surface area is 144 Å². The topological polar surface area (TPSA) is 107 Å². The molecule has 0 aromatic heterocycles. The number of rotatable bonds is 11. The van der Waals surface area contributed by atoms with E-state index in [9.17, 15) is 33.5 Å². The summed E-state index contributed by atoms with van der Waals surface area (Å²) in [6, 6.07) is 8.80. The first-order chi connectivity index (χ1) is 11.7. The highest BCUT2D eigenvalue weighted by Crippen LogP contribution is 2.42. The van der Waals surface area contributed by atoms with Gasteiger partial charge in [-0.25, -0.2) is 5.06 Å². The van der Waals surface area contributed by atoms with Gasteiger partial charge in [-0.1, -0.05) is 34.9 Å². The first-order valence-corrected chi connectivity index (χ1v) is 9.10. The molecule has 140 valence electrons. The number of aliphatic hydroxyl groups excluding tert-OH is 3. The van der Waals surface area contributed by atoms with Crippen LogP contribution < -0.4 is 0 Å². The van der Waals surface area contributed by atoms with Crippen molar-refractivity contribution in [3.8, 4) is 0 Å². The molecule has 0 saturated heterocycles. The average Bonchev–Trinajstić information content (AvgIpc) is 2.57. The van der Waals surface area contributed by atoms with Crippen LogP contribution in [0, 0.1) is 0 Å². The van der Waals surface area contributed by atoms with Crippen molar-refractivity contribution in [1.82, 2.24) is 5.06 Å². The van der Waals surface area contributed by atoms with Gasteiger partial charge in [0.25, 0.3) is 0 Å². The Morgan fingerprint density at radius 3 is 2.36 bits per heavy atom. The fourth-order valence-corrected chi connectivity index (χ4v) is 2.35. The Morgan fingerprint density at radius 1 is 1.24 bits per heavy atom. The molecule has 4 atom stereocenters. The predicted molar refractivity (Wildman–Crippen MR) is 85.1 cm³/mol. The SMILES string of the molecule is C[P+](=O)C(F)(F)C[C@@H](O)[C@@H](O)[C@@H](O)CN(C=O)OCc1ccccc1. The van der Waals surface area contributed by atoms with Gasteiger partial charge in [-0.3, -0.25) is 9.63 Å². The number of halogens is 2. The molecule has 0 saturated carbocycles. The van der Waals surface area contributed by atoms with Crippen LogP contribution >= 0.6 is 7.80 Å². The molecule has 0 radical (unpaired) electrons. The van der Waals surface area contributed by atoms with Gasteiger partial charge >= 0.3 is 13.5 Å². The zero-order valence-electron chi connectivity index (χ0n) is 13.5. The van der Waals surface area contributed by atoms with Gasteiger partial charge in [-0.15, -0.1) is 0 Å².